The lowest BCUT2D eigenvalue weighted by Crippen LogP contribution is -2.56. The van der Waals surface area contributed by atoms with Gasteiger partial charge in [-0.3, -0.25) is 4.79 Å². The summed E-state index contributed by atoms with van der Waals surface area (Å²) in [4.78, 5) is 26.6. The molecular formula is C15H26N4O3Si. The Morgan fingerprint density at radius 1 is 1.30 bits per heavy atom. The quantitative estimate of drug-likeness (QED) is 0.729. The summed E-state index contributed by atoms with van der Waals surface area (Å²) >= 11 is 0. The Bertz CT molecular complexity index is 502. The molecule has 0 aromatic rings. The van der Waals surface area contributed by atoms with Crippen molar-refractivity contribution in [2.45, 2.75) is 50.1 Å². The lowest BCUT2D eigenvalue weighted by molar-refractivity contribution is -0.123. The molecule has 0 aromatic carbocycles. The number of nitrogens with zero attached hydrogens (tertiary/aromatic N) is 2. The predicted octanol–water partition coefficient (Wildman–Crippen LogP) is 0.907. The maximum absolute atomic E-state index is 12.6. The maximum atomic E-state index is 12.6. The molecule has 1 aliphatic heterocycles. The number of urea groups is 1. The van der Waals surface area contributed by atoms with E-state index in [2.05, 4.69) is 36.3 Å². The van der Waals surface area contributed by atoms with Crippen LogP contribution in [0.25, 0.3) is 0 Å². The number of amides is 3. The van der Waals surface area contributed by atoms with E-state index in [-0.39, 0.29) is 11.9 Å². The van der Waals surface area contributed by atoms with E-state index in [0.29, 0.717) is 45.2 Å². The lowest BCUT2D eigenvalue weighted by Gasteiger charge is -2.31. The van der Waals surface area contributed by atoms with Crippen LogP contribution in [-0.4, -0.2) is 62.8 Å². The number of carbonyl (C=O) groups excluding carboxylic acids is 2. The average Bonchev–Trinajstić information content (AvgIpc) is 3.26. The molecule has 7 nitrogen and oxygen atoms in total. The van der Waals surface area contributed by atoms with Gasteiger partial charge in [0.2, 0.25) is 5.91 Å². The number of hydrogen-bond acceptors (Lipinski definition) is 4. The van der Waals surface area contributed by atoms with Crippen LogP contribution in [0.5, 0.6) is 0 Å². The van der Waals surface area contributed by atoms with Crippen molar-refractivity contribution in [3.63, 3.8) is 0 Å². The summed E-state index contributed by atoms with van der Waals surface area (Å²) in [7, 11) is -1.57. The SMILES string of the molecule is C[Si](C)(C)CC(NC(=O)N1CCOCC1)C(=O)NC1(C#N)CC1. The first-order chi connectivity index (χ1) is 10.7. The van der Waals surface area contributed by atoms with Crippen molar-refractivity contribution in [3.8, 4) is 6.07 Å². The minimum Gasteiger partial charge on any atom is -0.378 e. The zero-order valence-corrected chi connectivity index (χ0v) is 15.1. The molecule has 0 spiro atoms. The highest BCUT2D eigenvalue weighted by Gasteiger charge is 2.46. The number of rotatable bonds is 5. The zero-order chi connectivity index (χ0) is 17.1. The van der Waals surface area contributed by atoms with Crippen LogP contribution in [-0.2, 0) is 9.53 Å². The van der Waals surface area contributed by atoms with Gasteiger partial charge in [0.1, 0.15) is 11.6 Å². The monoisotopic (exact) mass is 338 g/mol. The van der Waals surface area contributed by atoms with E-state index in [1.54, 1.807) is 4.90 Å². The van der Waals surface area contributed by atoms with Gasteiger partial charge >= 0.3 is 6.03 Å². The van der Waals surface area contributed by atoms with Gasteiger partial charge in [0, 0.05) is 21.2 Å². The lowest BCUT2D eigenvalue weighted by atomic mass is 10.2. The van der Waals surface area contributed by atoms with Crippen molar-refractivity contribution in [1.82, 2.24) is 15.5 Å². The van der Waals surface area contributed by atoms with Gasteiger partial charge < -0.3 is 20.3 Å². The molecule has 1 atom stereocenters. The Hall–Kier alpha value is -1.59. The fraction of sp³-hybridized carbons (Fsp3) is 0.800. The van der Waals surface area contributed by atoms with E-state index < -0.39 is 19.7 Å². The topological polar surface area (TPSA) is 94.5 Å². The van der Waals surface area contributed by atoms with Crippen molar-refractivity contribution in [2.75, 3.05) is 26.3 Å². The van der Waals surface area contributed by atoms with Crippen LogP contribution in [0.15, 0.2) is 0 Å². The Balaban J connectivity index is 2.00. The number of nitrogens with one attached hydrogen (secondary N) is 2. The van der Waals surface area contributed by atoms with E-state index in [1.165, 1.54) is 0 Å². The van der Waals surface area contributed by atoms with Gasteiger partial charge in [-0.1, -0.05) is 19.6 Å². The standard InChI is InChI=1S/C15H26N4O3Si/c1-23(2,3)10-12(13(20)18-15(11-16)4-5-15)17-14(21)19-6-8-22-9-7-19/h12H,4-10H2,1-3H3,(H,17,21)(H,18,20). The van der Waals surface area contributed by atoms with E-state index in [9.17, 15) is 9.59 Å². The summed E-state index contributed by atoms with van der Waals surface area (Å²) in [6.45, 7) is 8.60. The normalized spacial score (nSPS) is 21.0. The largest absolute Gasteiger partial charge is 0.378 e. The van der Waals surface area contributed by atoms with Crippen molar-refractivity contribution in [3.05, 3.63) is 0 Å². The highest BCUT2D eigenvalue weighted by molar-refractivity contribution is 6.76. The Morgan fingerprint density at radius 3 is 2.39 bits per heavy atom. The van der Waals surface area contributed by atoms with Gasteiger partial charge in [-0.05, 0) is 18.9 Å². The van der Waals surface area contributed by atoms with Gasteiger partial charge in [0.15, 0.2) is 0 Å². The molecule has 8 heteroatoms. The summed E-state index contributed by atoms with van der Waals surface area (Å²) in [6.07, 6.45) is 1.37. The number of ether oxygens (including phenoxy) is 1. The molecule has 2 N–H and O–H groups in total. The minimum atomic E-state index is -1.57. The molecule has 1 saturated carbocycles. The third-order valence-corrected chi connectivity index (χ3v) is 5.69. The molecule has 1 aliphatic carbocycles. The van der Waals surface area contributed by atoms with Gasteiger partial charge in [0.05, 0.1) is 19.3 Å². The summed E-state index contributed by atoms with van der Waals surface area (Å²) in [5.41, 5.74) is -0.710. The highest BCUT2D eigenvalue weighted by Crippen LogP contribution is 2.34. The van der Waals surface area contributed by atoms with Crippen molar-refractivity contribution in [2.24, 2.45) is 0 Å². The van der Waals surface area contributed by atoms with E-state index in [0.717, 1.165) is 0 Å². The van der Waals surface area contributed by atoms with Crippen LogP contribution in [0.4, 0.5) is 4.79 Å². The molecule has 0 bridgehead atoms. The maximum Gasteiger partial charge on any atom is 0.318 e. The molecule has 2 rings (SSSR count). The van der Waals surface area contributed by atoms with Crippen LogP contribution in [0.3, 0.4) is 0 Å². The van der Waals surface area contributed by atoms with E-state index in [1.807, 2.05) is 0 Å². The fourth-order valence-electron chi connectivity index (χ4n) is 2.54. The summed E-state index contributed by atoms with van der Waals surface area (Å²) in [5.74, 6) is -0.243. The summed E-state index contributed by atoms with van der Waals surface area (Å²) < 4.78 is 5.24. The van der Waals surface area contributed by atoms with Crippen LogP contribution >= 0.6 is 0 Å². The first kappa shape index (κ1) is 17.8. The predicted molar refractivity (Wildman–Crippen MR) is 88.6 cm³/mol. The molecule has 1 heterocycles. The molecule has 2 aliphatic rings. The number of morpholine rings is 1. The highest BCUT2D eigenvalue weighted by atomic mass is 28.3. The second-order valence-electron chi connectivity index (χ2n) is 7.55. The first-order valence-corrected chi connectivity index (χ1v) is 11.8. The molecule has 0 radical (unpaired) electrons. The molecule has 3 amide bonds. The zero-order valence-electron chi connectivity index (χ0n) is 14.1. The molecule has 2 fully saturated rings. The van der Waals surface area contributed by atoms with Crippen LogP contribution in [0.1, 0.15) is 12.8 Å². The van der Waals surface area contributed by atoms with Crippen molar-refractivity contribution in [1.29, 1.82) is 5.26 Å². The van der Waals surface area contributed by atoms with Gasteiger partial charge in [-0.25, -0.2) is 4.79 Å². The van der Waals surface area contributed by atoms with Crippen LogP contribution < -0.4 is 10.6 Å². The second-order valence-corrected chi connectivity index (χ2v) is 13.1. The summed E-state index contributed by atoms with van der Waals surface area (Å²) in [6, 6.07) is 2.00. The number of hydrogen-bond donors (Lipinski definition) is 2. The second kappa shape index (κ2) is 6.89. The average molecular weight is 338 g/mol. The van der Waals surface area contributed by atoms with E-state index in [4.69, 9.17) is 10.00 Å². The molecule has 1 saturated heterocycles. The third-order valence-electron chi connectivity index (χ3n) is 4.06. The fourth-order valence-corrected chi connectivity index (χ4v) is 4.05. The minimum absolute atomic E-state index is 0.228. The number of nitriles is 1. The molecular weight excluding hydrogens is 312 g/mol. The molecule has 23 heavy (non-hydrogen) atoms. The molecule has 128 valence electrons. The Morgan fingerprint density at radius 2 is 1.91 bits per heavy atom. The third kappa shape index (κ3) is 5.22. The smallest absolute Gasteiger partial charge is 0.318 e. The van der Waals surface area contributed by atoms with Gasteiger partial charge in [-0.15, -0.1) is 0 Å². The van der Waals surface area contributed by atoms with Gasteiger partial charge in [0.25, 0.3) is 0 Å². The Kier molecular flexibility index (Phi) is 5.32. The van der Waals surface area contributed by atoms with Crippen molar-refractivity contribution < 1.29 is 14.3 Å². The first-order valence-electron chi connectivity index (χ1n) is 8.11. The molecule has 1 unspecified atom stereocenters. The molecule has 0 aromatic heterocycles. The van der Waals surface area contributed by atoms with Crippen LogP contribution in [0, 0.1) is 11.3 Å². The van der Waals surface area contributed by atoms with Crippen LogP contribution in [0.2, 0.25) is 25.7 Å². The van der Waals surface area contributed by atoms with Crippen molar-refractivity contribution >= 4 is 20.0 Å². The number of carbonyl (C=O) groups is 2. The Labute approximate surface area is 138 Å². The van der Waals surface area contributed by atoms with E-state index >= 15 is 0 Å². The van der Waals surface area contributed by atoms with Gasteiger partial charge in [-0.2, -0.15) is 5.26 Å². The summed E-state index contributed by atoms with van der Waals surface area (Å²) in [5, 5.41) is 14.8.